The first-order valence-corrected chi connectivity index (χ1v) is 9.25. The molecule has 0 spiro atoms. The number of fused-ring (bicyclic) bond motifs is 1. The topological polar surface area (TPSA) is 90.0 Å². The van der Waals surface area contributed by atoms with E-state index in [1.165, 1.54) is 4.90 Å². The summed E-state index contributed by atoms with van der Waals surface area (Å²) >= 11 is 0. The first-order valence-electron chi connectivity index (χ1n) is 9.25. The van der Waals surface area contributed by atoms with Gasteiger partial charge in [0.15, 0.2) is 0 Å². The van der Waals surface area contributed by atoms with Crippen molar-refractivity contribution in [1.82, 2.24) is 10.2 Å². The van der Waals surface area contributed by atoms with E-state index in [2.05, 4.69) is 5.32 Å². The molecule has 27 heavy (non-hydrogen) atoms. The van der Waals surface area contributed by atoms with Crippen LogP contribution >= 0.6 is 0 Å². The average Bonchev–Trinajstić information content (AvgIpc) is 2.98. The van der Waals surface area contributed by atoms with Crippen LogP contribution in [0.4, 0.5) is 10.1 Å². The summed E-state index contributed by atoms with van der Waals surface area (Å²) in [5, 5.41) is 11.5. The van der Waals surface area contributed by atoms with E-state index < -0.39 is 18.1 Å². The molecule has 3 atom stereocenters. The highest BCUT2D eigenvalue weighted by molar-refractivity contribution is 6.05. The van der Waals surface area contributed by atoms with Gasteiger partial charge in [0, 0.05) is 49.8 Å². The normalized spacial score (nSPS) is 28.4. The highest BCUT2D eigenvalue weighted by atomic mass is 19.1. The lowest BCUT2D eigenvalue weighted by atomic mass is 9.95. The largest absolute Gasteiger partial charge is 0.396 e. The van der Waals surface area contributed by atoms with Gasteiger partial charge in [-0.2, -0.15) is 0 Å². The van der Waals surface area contributed by atoms with Crippen molar-refractivity contribution in [3.63, 3.8) is 0 Å². The summed E-state index contributed by atoms with van der Waals surface area (Å²) in [5.74, 6) is -1.31. The molecule has 0 saturated carbocycles. The number of anilines is 1. The third-order valence-corrected chi connectivity index (χ3v) is 5.79. The number of rotatable bonds is 3. The zero-order valence-electron chi connectivity index (χ0n) is 14.9. The molecule has 1 aromatic carbocycles. The Morgan fingerprint density at radius 1 is 1.22 bits per heavy atom. The Morgan fingerprint density at radius 2 is 2.04 bits per heavy atom. The van der Waals surface area contributed by atoms with E-state index in [1.807, 2.05) is 17.0 Å². The number of nitrogens with zero attached hydrogens (tertiary/aromatic N) is 2. The Morgan fingerprint density at radius 3 is 2.74 bits per heavy atom. The smallest absolute Gasteiger partial charge is 0.255 e. The molecule has 1 aromatic rings. The van der Waals surface area contributed by atoms with Gasteiger partial charge in [0.1, 0.15) is 12.2 Å². The quantitative estimate of drug-likeness (QED) is 0.756. The van der Waals surface area contributed by atoms with Crippen LogP contribution in [0.3, 0.4) is 0 Å². The van der Waals surface area contributed by atoms with E-state index in [0.29, 0.717) is 31.5 Å². The molecule has 2 N–H and O–H groups in total. The van der Waals surface area contributed by atoms with Gasteiger partial charge < -0.3 is 14.9 Å². The number of hydrogen-bond donors (Lipinski definition) is 2. The molecule has 7 nitrogen and oxygen atoms in total. The van der Waals surface area contributed by atoms with Crippen LogP contribution in [0.25, 0.3) is 0 Å². The molecule has 144 valence electrons. The van der Waals surface area contributed by atoms with E-state index in [0.717, 1.165) is 11.3 Å². The summed E-state index contributed by atoms with van der Waals surface area (Å²) in [6.07, 6.45) is 0.00713. The van der Waals surface area contributed by atoms with Crippen molar-refractivity contribution in [2.75, 3.05) is 24.6 Å². The second-order valence-electron chi connectivity index (χ2n) is 7.43. The molecule has 4 rings (SSSR count). The van der Waals surface area contributed by atoms with Crippen LogP contribution in [0.2, 0.25) is 0 Å². The third kappa shape index (κ3) is 3.18. The van der Waals surface area contributed by atoms with Crippen LogP contribution in [0.5, 0.6) is 0 Å². The fourth-order valence-corrected chi connectivity index (χ4v) is 4.13. The van der Waals surface area contributed by atoms with Gasteiger partial charge in [0.2, 0.25) is 11.8 Å². The first kappa shape index (κ1) is 17.9. The summed E-state index contributed by atoms with van der Waals surface area (Å²) < 4.78 is 14.2. The molecule has 0 aromatic heterocycles. The lowest BCUT2D eigenvalue weighted by Crippen LogP contribution is -2.52. The van der Waals surface area contributed by atoms with Crippen molar-refractivity contribution in [3.05, 3.63) is 29.3 Å². The Labute approximate surface area is 156 Å². The van der Waals surface area contributed by atoms with Gasteiger partial charge in [-0.3, -0.25) is 19.7 Å². The van der Waals surface area contributed by atoms with E-state index in [-0.39, 0.29) is 37.3 Å². The van der Waals surface area contributed by atoms with Crippen molar-refractivity contribution in [3.8, 4) is 0 Å². The molecular weight excluding hydrogens is 353 g/mol. The molecule has 2 saturated heterocycles. The van der Waals surface area contributed by atoms with Crippen molar-refractivity contribution >= 4 is 23.4 Å². The Balaban J connectivity index is 1.52. The Kier molecular flexibility index (Phi) is 4.59. The van der Waals surface area contributed by atoms with E-state index in [1.54, 1.807) is 6.07 Å². The molecule has 8 heteroatoms. The maximum atomic E-state index is 14.2. The average molecular weight is 375 g/mol. The summed E-state index contributed by atoms with van der Waals surface area (Å²) in [4.78, 5) is 39.7. The van der Waals surface area contributed by atoms with Crippen LogP contribution in [-0.4, -0.2) is 59.6 Å². The third-order valence-electron chi connectivity index (χ3n) is 5.79. The van der Waals surface area contributed by atoms with Crippen LogP contribution in [0.1, 0.15) is 35.2 Å². The fraction of sp³-hybridized carbons (Fsp3) is 0.526. The number of halogens is 1. The van der Waals surface area contributed by atoms with Crippen molar-refractivity contribution in [2.45, 2.75) is 38.0 Å². The minimum Gasteiger partial charge on any atom is -0.396 e. The molecule has 0 radical (unpaired) electrons. The lowest BCUT2D eigenvalue weighted by molar-refractivity contribution is -0.136. The van der Waals surface area contributed by atoms with E-state index in [4.69, 9.17) is 0 Å². The number of carbonyl (C=O) groups is 3. The number of benzene rings is 1. The van der Waals surface area contributed by atoms with Crippen LogP contribution in [0, 0.1) is 5.92 Å². The number of carbonyl (C=O) groups excluding carboxylic acids is 3. The standard InChI is InChI=1S/C19H22FN3O4/c20-15-9-22(6-5-12(15)10-24)13-2-1-11-8-23(19(27)14(11)7-13)16-3-4-17(25)21-18(16)26/h1-2,7,12,15-16,24H,3-6,8-10H2,(H,21,25,26)/t12-,15+,16?/m1/s1. The number of aliphatic hydroxyl groups is 1. The van der Waals surface area contributed by atoms with Crippen LogP contribution in [-0.2, 0) is 16.1 Å². The molecule has 0 aliphatic carbocycles. The minimum atomic E-state index is -1.10. The number of nitrogens with one attached hydrogen (secondary N) is 1. The number of hydrogen-bond acceptors (Lipinski definition) is 5. The number of aliphatic hydroxyl groups excluding tert-OH is 1. The second kappa shape index (κ2) is 6.92. The van der Waals surface area contributed by atoms with Crippen molar-refractivity contribution < 1.29 is 23.9 Å². The fourth-order valence-electron chi connectivity index (χ4n) is 4.13. The molecule has 0 bridgehead atoms. The van der Waals surface area contributed by atoms with Crippen LogP contribution < -0.4 is 10.2 Å². The lowest BCUT2D eigenvalue weighted by Gasteiger charge is -2.35. The van der Waals surface area contributed by atoms with Gasteiger partial charge in [-0.25, -0.2) is 4.39 Å². The molecule has 3 amide bonds. The molecule has 3 heterocycles. The van der Waals surface area contributed by atoms with Crippen molar-refractivity contribution in [1.29, 1.82) is 0 Å². The SMILES string of the molecule is O=C1CCC(N2Cc3ccc(N4CC[C@H](CO)[C@@H](F)C4)cc3C2=O)C(=O)N1. The van der Waals surface area contributed by atoms with Crippen LogP contribution in [0.15, 0.2) is 18.2 Å². The van der Waals surface area contributed by atoms with E-state index >= 15 is 0 Å². The summed E-state index contributed by atoms with van der Waals surface area (Å²) in [6.45, 7) is 0.988. The zero-order valence-corrected chi connectivity index (χ0v) is 14.9. The molecule has 3 aliphatic rings. The van der Waals surface area contributed by atoms with Gasteiger partial charge in [0.05, 0.1) is 0 Å². The molecule has 2 fully saturated rings. The Bertz CT molecular complexity index is 799. The summed E-state index contributed by atoms with van der Waals surface area (Å²) in [6, 6.07) is 4.84. The number of amides is 3. The summed E-state index contributed by atoms with van der Waals surface area (Å²) in [7, 11) is 0. The number of imide groups is 1. The summed E-state index contributed by atoms with van der Waals surface area (Å²) in [5.41, 5.74) is 2.12. The zero-order chi connectivity index (χ0) is 19.1. The first-order chi connectivity index (χ1) is 13.0. The monoisotopic (exact) mass is 375 g/mol. The van der Waals surface area contributed by atoms with Gasteiger partial charge >= 0.3 is 0 Å². The second-order valence-corrected chi connectivity index (χ2v) is 7.43. The van der Waals surface area contributed by atoms with E-state index in [9.17, 15) is 23.9 Å². The predicted molar refractivity (Wildman–Crippen MR) is 94.8 cm³/mol. The number of piperidine rings is 2. The Hall–Kier alpha value is -2.48. The van der Waals surface area contributed by atoms with Gasteiger partial charge in [0.25, 0.3) is 5.91 Å². The van der Waals surface area contributed by atoms with Gasteiger partial charge in [-0.1, -0.05) is 6.07 Å². The van der Waals surface area contributed by atoms with Gasteiger partial charge in [-0.05, 0) is 30.5 Å². The highest BCUT2D eigenvalue weighted by Gasteiger charge is 2.39. The maximum absolute atomic E-state index is 14.2. The molecular formula is C19H22FN3O4. The predicted octanol–water partition coefficient (Wildman–Crippen LogP) is 0.604. The minimum absolute atomic E-state index is 0.154. The van der Waals surface area contributed by atoms with Crippen molar-refractivity contribution in [2.24, 2.45) is 5.92 Å². The maximum Gasteiger partial charge on any atom is 0.255 e. The number of alkyl halides is 1. The molecule has 3 aliphatic heterocycles. The highest BCUT2D eigenvalue weighted by Crippen LogP contribution is 2.32. The molecule has 1 unspecified atom stereocenters. The van der Waals surface area contributed by atoms with Gasteiger partial charge in [-0.15, -0.1) is 0 Å².